The average molecular weight is 408 g/mol. The van der Waals surface area contributed by atoms with Gasteiger partial charge in [0.2, 0.25) is 5.89 Å². The van der Waals surface area contributed by atoms with Crippen molar-refractivity contribution < 1.29 is 19.0 Å². The van der Waals surface area contributed by atoms with E-state index in [9.17, 15) is 14.9 Å². The van der Waals surface area contributed by atoms with Crippen molar-refractivity contribution in [2.75, 3.05) is 18.6 Å². The smallest absolute Gasteiger partial charge is 0.293 e. The maximum Gasteiger partial charge on any atom is 0.293 e. The fourth-order valence-electron chi connectivity index (χ4n) is 3.73. The molecule has 0 radical (unpaired) electrons. The van der Waals surface area contributed by atoms with E-state index < -0.39 is 4.92 Å². The fourth-order valence-corrected chi connectivity index (χ4v) is 3.73. The number of hydrogen-bond donors (Lipinski definition) is 0. The van der Waals surface area contributed by atoms with Crippen LogP contribution in [0.5, 0.6) is 0 Å². The molecule has 2 atom stereocenters. The molecule has 1 aromatic heterocycles. The van der Waals surface area contributed by atoms with Gasteiger partial charge in [-0.15, -0.1) is 0 Å². The predicted octanol–water partition coefficient (Wildman–Crippen LogP) is 3.48. The van der Waals surface area contributed by atoms with Gasteiger partial charge in [0.15, 0.2) is 11.6 Å². The number of ketones is 1. The number of nitro benzene ring substituents is 1. The van der Waals surface area contributed by atoms with Gasteiger partial charge >= 0.3 is 0 Å². The van der Waals surface area contributed by atoms with Crippen LogP contribution >= 0.6 is 0 Å². The number of rotatable bonds is 6. The van der Waals surface area contributed by atoms with Crippen LogP contribution in [0.3, 0.4) is 0 Å². The van der Waals surface area contributed by atoms with Crippen molar-refractivity contribution in [3.8, 4) is 0 Å². The number of anilines is 1. The lowest BCUT2D eigenvalue weighted by Crippen LogP contribution is -2.26. The summed E-state index contributed by atoms with van der Waals surface area (Å²) in [7, 11) is 1.60. The van der Waals surface area contributed by atoms with E-state index in [1.807, 2.05) is 4.90 Å². The Morgan fingerprint density at radius 3 is 2.63 bits per heavy atom. The quantitative estimate of drug-likeness (QED) is 0.346. The molecule has 2 heterocycles. The second kappa shape index (κ2) is 8.03. The number of nitro groups is 1. The van der Waals surface area contributed by atoms with Crippen LogP contribution in [0.1, 0.15) is 40.1 Å². The van der Waals surface area contributed by atoms with E-state index in [4.69, 9.17) is 9.26 Å². The molecule has 9 nitrogen and oxygen atoms in total. The number of hydrogen-bond acceptors (Lipinski definition) is 8. The van der Waals surface area contributed by atoms with Gasteiger partial charge in [-0.3, -0.25) is 14.9 Å². The number of ether oxygens (including phenoxy) is 1. The van der Waals surface area contributed by atoms with Crippen molar-refractivity contribution in [3.05, 3.63) is 81.5 Å². The first-order chi connectivity index (χ1) is 14.5. The molecule has 0 aliphatic carbocycles. The van der Waals surface area contributed by atoms with Crippen LogP contribution in [0.4, 0.5) is 11.4 Å². The monoisotopic (exact) mass is 408 g/mol. The van der Waals surface area contributed by atoms with E-state index >= 15 is 0 Å². The standard InChI is InChI=1S/C21H20N4O5/c1-13-22-21(30-23-13)19-11-16(29-2)12-24(19)17-9-8-15(10-18(17)25(27)28)20(26)14-6-4-3-5-7-14/h3-10,16,19H,11-12H2,1-2H3. The zero-order valence-electron chi connectivity index (χ0n) is 16.5. The summed E-state index contributed by atoms with van der Waals surface area (Å²) in [5, 5.41) is 15.7. The summed E-state index contributed by atoms with van der Waals surface area (Å²) in [4.78, 5) is 30.3. The lowest BCUT2D eigenvalue weighted by Gasteiger charge is -2.23. The van der Waals surface area contributed by atoms with Crippen molar-refractivity contribution >= 4 is 17.2 Å². The molecule has 0 N–H and O–H groups in total. The molecule has 154 valence electrons. The number of carbonyl (C=O) groups excluding carboxylic acids is 1. The average Bonchev–Trinajstić information content (AvgIpc) is 3.39. The van der Waals surface area contributed by atoms with Crippen LogP contribution in [0.15, 0.2) is 53.1 Å². The third-order valence-corrected chi connectivity index (χ3v) is 5.20. The van der Waals surface area contributed by atoms with Crippen LogP contribution in [0, 0.1) is 17.0 Å². The summed E-state index contributed by atoms with van der Waals surface area (Å²) in [6.45, 7) is 2.14. The molecule has 0 amide bonds. The SMILES string of the molecule is COC1CC(c2nc(C)no2)N(c2ccc(C(=O)c3ccccc3)cc2[N+](=O)[O-])C1. The van der Waals surface area contributed by atoms with E-state index in [0.717, 1.165) is 0 Å². The van der Waals surface area contributed by atoms with E-state index in [0.29, 0.717) is 35.9 Å². The molecular formula is C21H20N4O5. The first kappa shape index (κ1) is 19.7. The highest BCUT2D eigenvalue weighted by atomic mass is 16.6. The van der Waals surface area contributed by atoms with Gasteiger partial charge in [-0.1, -0.05) is 35.5 Å². The molecule has 0 saturated carbocycles. The summed E-state index contributed by atoms with van der Waals surface area (Å²) in [6.07, 6.45) is 0.410. The Balaban J connectivity index is 1.74. The van der Waals surface area contributed by atoms with Gasteiger partial charge in [0.1, 0.15) is 11.7 Å². The Kier molecular flexibility index (Phi) is 5.28. The lowest BCUT2D eigenvalue weighted by molar-refractivity contribution is -0.384. The molecule has 0 spiro atoms. The number of aromatic nitrogens is 2. The van der Waals surface area contributed by atoms with Gasteiger partial charge < -0.3 is 14.2 Å². The van der Waals surface area contributed by atoms with E-state index in [1.54, 1.807) is 56.5 Å². The van der Waals surface area contributed by atoms with Gasteiger partial charge in [0, 0.05) is 37.3 Å². The Labute approximate surface area is 172 Å². The Morgan fingerprint density at radius 2 is 2.00 bits per heavy atom. The highest BCUT2D eigenvalue weighted by molar-refractivity contribution is 6.09. The highest BCUT2D eigenvalue weighted by Gasteiger charge is 2.39. The number of benzene rings is 2. The number of nitrogens with zero attached hydrogens (tertiary/aromatic N) is 4. The topological polar surface area (TPSA) is 112 Å². The van der Waals surface area contributed by atoms with E-state index in [1.165, 1.54) is 6.07 Å². The minimum Gasteiger partial charge on any atom is -0.380 e. The first-order valence-electron chi connectivity index (χ1n) is 9.45. The maximum atomic E-state index is 12.8. The Bertz CT molecular complexity index is 1080. The minimum atomic E-state index is -0.479. The van der Waals surface area contributed by atoms with Crippen molar-refractivity contribution in [3.63, 3.8) is 0 Å². The Morgan fingerprint density at radius 1 is 1.23 bits per heavy atom. The molecular weight excluding hydrogens is 388 g/mol. The molecule has 1 aliphatic heterocycles. The van der Waals surface area contributed by atoms with E-state index in [-0.39, 0.29) is 29.2 Å². The van der Waals surface area contributed by atoms with Gasteiger partial charge in [-0.25, -0.2) is 0 Å². The maximum absolute atomic E-state index is 12.8. The molecule has 2 unspecified atom stereocenters. The molecule has 4 rings (SSSR count). The van der Waals surface area contributed by atoms with Crippen LogP contribution in [0.2, 0.25) is 0 Å². The van der Waals surface area contributed by atoms with Crippen LogP contribution in [0.25, 0.3) is 0 Å². The summed E-state index contributed by atoms with van der Waals surface area (Å²) in [6, 6.07) is 12.8. The van der Waals surface area contributed by atoms with Crippen LogP contribution in [-0.4, -0.2) is 40.6 Å². The van der Waals surface area contributed by atoms with Gasteiger partial charge in [0.05, 0.1) is 11.0 Å². The second-order valence-corrected chi connectivity index (χ2v) is 7.10. The molecule has 2 aromatic carbocycles. The van der Waals surface area contributed by atoms with Gasteiger partial charge in [-0.05, 0) is 19.1 Å². The van der Waals surface area contributed by atoms with Crippen molar-refractivity contribution in [2.45, 2.75) is 25.5 Å². The number of aryl methyl sites for hydroxylation is 1. The summed E-state index contributed by atoms with van der Waals surface area (Å²) in [5.41, 5.74) is 0.948. The molecule has 30 heavy (non-hydrogen) atoms. The summed E-state index contributed by atoms with van der Waals surface area (Å²) >= 11 is 0. The fraction of sp³-hybridized carbons (Fsp3) is 0.286. The van der Waals surface area contributed by atoms with Gasteiger partial charge in [-0.2, -0.15) is 4.98 Å². The third-order valence-electron chi connectivity index (χ3n) is 5.20. The zero-order valence-corrected chi connectivity index (χ0v) is 16.5. The largest absolute Gasteiger partial charge is 0.380 e. The molecule has 0 bridgehead atoms. The summed E-state index contributed by atoms with van der Waals surface area (Å²) < 4.78 is 10.8. The molecule has 1 saturated heterocycles. The van der Waals surface area contributed by atoms with Crippen molar-refractivity contribution in [1.29, 1.82) is 0 Å². The predicted molar refractivity (Wildman–Crippen MR) is 108 cm³/mol. The second-order valence-electron chi connectivity index (χ2n) is 7.10. The molecule has 3 aromatic rings. The molecule has 1 fully saturated rings. The van der Waals surface area contributed by atoms with Crippen LogP contribution < -0.4 is 4.90 Å². The summed E-state index contributed by atoms with van der Waals surface area (Å²) in [5.74, 6) is 0.598. The normalized spacial score (nSPS) is 18.5. The Hall–Kier alpha value is -3.59. The van der Waals surface area contributed by atoms with E-state index in [2.05, 4.69) is 10.1 Å². The van der Waals surface area contributed by atoms with Crippen molar-refractivity contribution in [1.82, 2.24) is 10.1 Å². The number of methoxy groups -OCH3 is 1. The van der Waals surface area contributed by atoms with Gasteiger partial charge in [0.25, 0.3) is 5.69 Å². The lowest BCUT2D eigenvalue weighted by atomic mass is 10.0. The molecule has 1 aliphatic rings. The minimum absolute atomic E-state index is 0.146. The number of carbonyl (C=O) groups is 1. The van der Waals surface area contributed by atoms with Crippen molar-refractivity contribution in [2.24, 2.45) is 0 Å². The van der Waals surface area contributed by atoms with Crippen LogP contribution in [-0.2, 0) is 4.74 Å². The zero-order chi connectivity index (χ0) is 21.3. The highest BCUT2D eigenvalue weighted by Crippen LogP contribution is 2.41. The first-order valence-corrected chi connectivity index (χ1v) is 9.45. The third kappa shape index (κ3) is 3.67. The molecule has 9 heteroatoms.